The Hall–Kier alpha value is -0.840. The van der Waals surface area contributed by atoms with Crippen molar-refractivity contribution in [1.29, 1.82) is 0 Å². The van der Waals surface area contributed by atoms with E-state index in [0.29, 0.717) is 17.0 Å². The first-order valence-electron chi connectivity index (χ1n) is 6.37. The van der Waals surface area contributed by atoms with E-state index < -0.39 is 5.82 Å². The molecule has 1 amide bonds. The molecule has 1 aromatic carbocycles. The van der Waals surface area contributed by atoms with Crippen molar-refractivity contribution in [3.63, 3.8) is 0 Å². The summed E-state index contributed by atoms with van der Waals surface area (Å²) in [5.41, 5.74) is 6.04. The van der Waals surface area contributed by atoms with Crippen molar-refractivity contribution in [2.75, 3.05) is 7.05 Å². The van der Waals surface area contributed by atoms with Crippen molar-refractivity contribution in [1.82, 2.24) is 4.90 Å². The standard InChI is InChI=1S/C14H18ClFN2O.ClH/c1-18(13(19)8-14(17)6-3-7-14)9-10-11(15)4-2-5-12(10)16;/h2,4-5H,3,6-9,17H2,1H3;1H. The number of halogens is 3. The van der Waals surface area contributed by atoms with Gasteiger partial charge >= 0.3 is 0 Å². The van der Waals surface area contributed by atoms with Gasteiger partial charge in [-0.1, -0.05) is 17.7 Å². The van der Waals surface area contributed by atoms with Gasteiger partial charge in [-0.15, -0.1) is 12.4 Å². The first-order chi connectivity index (χ1) is 8.91. The molecule has 20 heavy (non-hydrogen) atoms. The fraction of sp³-hybridized carbons (Fsp3) is 0.500. The molecule has 1 fully saturated rings. The SMILES string of the molecule is CN(Cc1c(F)cccc1Cl)C(=O)CC1(N)CCC1.Cl. The van der Waals surface area contributed by atoms with Crippen molar-refractivity contribution < 1.29 is 9.18 Å². The second-order valence-corrected chi connectivity index (χ2v) is 5.75. The monoisotopic (exact) mass is 320 g/mol. The molecule has 112 valence electrons. The maximum atomic E-state index is 13.6. The first kappa shape index (κ1) is 17.2. The fourth-order valence-corrected chi connectivity index (χ4v) is 2.48. The number of carbonyl (C=O) groups is 1. The van der Waals surface area contributed by atoms with Crippen LogP contribution in [0, 0.1) is 5.82 Å². The summed E-state index contributed by atoms with van der Waals surface area (Å²) in [4.78, 5) is 13.5. The van der Waals surface area contributed by atoms with Crippen LogP contribution in [0.1, 0.15) is 31.2 Å². The molecule has 0 saturated heterocycles. The summed E-state index contributed by atoms with van der Waals surface area (Å²) in [6.45, 7) is 0.167. The van der Waals surface area contributed by atoms with Gasteiger partial charge in [0.25, 0.3) is 0 Å². The molecule has 0 heterocycles. The highest BCUT2D eigenvalue weighted by molar-refractivity contribution is 6.31. The molecule has 2 rings (SSSR count). The number of benzene rings is 1. The normalized spacial score (nSPS) is 16.0. The van der Waals surface area contributed by atoms with Gasteiger partial charge < -0.3 is 10.6 Å². The summed E-state index contributed by atoms with van der Waals surface area (Å²) < 4.78 is 13.6. The Morgan fingerprint density at radius 3 is 2.65 bits per heavy atom. The van der Waals surface area contributed by atoms with Crippen LogP contribution in [0.4, 0.5) is 4.39 Å². The zero-order chi connectivity index (χ0) is 14.0. The summed E-state index contributed by atoms with van der Waals surface area (Å²) in [5.74, 6) is -0.459. The molecule has 0 aliphatic heterocycles. The molecule has 0 bridgehead atoms. The van der Waals surface area contributed by atoms with Crippen molar-refractivity contribution >= 4 is 29.9 Å². The molecule has 1 aliphatic carbocycles. The minimum absolute atomic E-state index is 0. The Morgan fingerprint density at radius 2 is 2.15 bits per heavy atom. The second kappa shape index (κ2) is 6.74. The van der Waals surface area contributed by atoms with E-state index in [-0.39, 0.29) is 30.4 Å². The van der Waals surface area contributed by atoms with Crippen molar-refractivity contribution in [3.05, 3.63) is 34.6 Å². The van der Waals surface area contributed by atoms with E-state index in [1.54, 1.807) is 19.2 Å². The Kier molecular flexibility index (Phi) is 5.80. The van der Waals surface area contributed by atoms with Crippen LogP contribution in [0.3, 0.4) is 0 Å². The third-order valence-electron chi connectivity index (χ3n) is 3.74. The molecule has 6 heteroatoms. The van der Waals surface area contributed by atoms with E-state index in [1.807, 2.05) is 0 Å². The highest BCUT2D eigenvalue weighted by Gasteiger charge is 2.35. The molecule has 2 N–H and O–H groups in total. The van der Waals surface area contributed by atoms with E-state index in [2.05, 4.69) is 0 Å². The van der Waals surface area contributed by atoms with Gasteiger partial charge in [-0.25, -0.2) is 4.39 Å². The predicted octanol–water partition coefficient (Wildman–Crippen LogP) is 3.13. The molecule has 0 atom stereocenters. The number of amides is 1. The van der Waals surface area contributed by atoms with Crippen LogP contribution in [0.5, 0.6) is 0 Å². The first-order valence-corrected chi connectivity index (χ1v) is 6.75. The minimum Gasteiger partial charge on any atom is -0.341 e. The van der Waals surface area contributed by atoms with Gasteiger partial charge in [-0.05, 0) is 31.4 Å². The minimum atomic E-state index is -0.391. The number of rotatable bonds is 4. The molecular formula is C14H19Cl2FN2O. The zero-order valence-corrected chi connectivity index (χ0v) is 12.9. The molecule has 1 aromatic rings. The fourth-order valence-electron chi connectivity index (χ4n) is 2.25. The molecule has 0 radical (unpaired) electrons. The molecule has 1 aliphatic rings. The van der Waals surface area contributed by atoms with Crippen LogP contribution < -0.4 is 5.73 Å². The Labute approximate surface area is 129 Å². The molecule has 3 nitrogen and oxygen atoms in total. The highest BCUT2D eigenvalue weighted by atomic mass is 35.5. The average Bonchev–Trinajstić information content (AvgIpc) is 2.31. The van der Waals surface area contributed by atoms with E-state index in [4.69, 9.17) is 17.3 Å². The van der Waals surface area contributed by atoms with Gasteiger partial charge in [-0.3, -0.25) is 4.79 Å². The Bertz CT molecular complexity index is 472. The van der Waals surface area contributed by atoms with Gasteiger partial charge in [0, 0.05) is 36.1 Å². The smallest absolute Gasteiger partial charge is 0.224 e. The van der Waals surface area contributed by atoms with Crippen LogP contribution in [0.2, 0.25) is 5.02 Å². The predicted molar refractivity (Wildman–Crippen MR) is 80.5 cm³/mol. The molecule has 0 unspecified atom stereocenters. The lowest BCUT2D eigenvalue weighted by molar-refractivity contribution is -0.132. The number of nitrogens with zero attached hydrogens (tertiary/aromatic N) is 1. The number of carbonyl (C=O) groups excluding carboxylic acids is 1. The third kappa shape index (κ3) is 3.84. The zero-order valence-electron chi connectivity index (χ0n) is 11.4. The third-order valence-corrected chi connectivity index (χ3v) is 4.09. The Balaban J connectivity index is 0.00000200. The average molecular weight is 321 g/mol. The molecule has 1 saturated carbocycles. The van der Waals surface area contributed by atoms with Crippen LogP contribution in [-0.2, 0) is 11.3 Å². The van der Waals surface area contributed by atoms with E-state index in [1.165, 1.54) is 11.0 Å². The largest absolute Gasteiger partial charge is 0.341 e. The topological polar surface area (TPSA) is 46.3 Å². The van der Waals surface area contributed by atoms with Gasteiger partial charge in [0.2, 0.25) is 5.91 Å². The van der Waals surface area contributed by atoms with Crippen LogP contribution >= 0.6 is 24.0 Å². The summed E-state index contributed by atoms with van der Waals surface area (Å²) in [5, 5.41) is 0.339. The summed E-state index contributed by atoms with van der Waals surface area (Å²) in [7, 11) is 1.65. The van der Waals surface area contributed by atoms with E-state index >= 15 is 0 Å². The maximum absolute atomic E-state index is 13.6. The van der Waals surface area contributed by atoms with Gasteiger partial charge in [-0.2, -0.15) is 0 Å². The molecule has 0 spiro atoms. The second-order valence-electron chi connectivity index (χ2n) is 5.34. The maximum Gasteiger partial charge on any atom is 0.224 e. The number of hydrogen-bond donors (Lipinski definition) is 1. The van der Waals surface area contributed by atoms with Crippen LogP contribution in [-0.4, -0.2) is 23.4 Å². The lowest BCUT2D eigenvalue weighted by Gasteiger charge is -2.38. The number of hydrogen-bond acceptors (Lipinski definition) is 2. The van der Waals surface area contributed by atoms with Crippen molar-refractivity contribution in [2.45, 2.75) is 37.8 Å². The van der Waals surface area contributed by atoms with Crippen molar-refractivity contribution in [2.24, 2.45) is 5.73 Å². The van der Waals surface area contributed by atoms with Gasteiger partial charge in [0.05, 0.1) is 0 Å². The van der Waals surface area contributed by atoms with E-state index in [0.717, 1.165) is 19.3 Å². The summed E-state index contributed by atoms with van der Waals surface area (Å²) in [6.07, 6.45) is 3.16. The highest BCUT2D eigenvalue weighted by Crippen LogP contribution is 2.32. The molecular weight excluding hydrogens is 302 g/mol. The summed E-state index contributed by atoms with van der Waals surface area (Å²) >= 11 is 5.95. The lowest BCUT2D eigenvalue weighted by atomic mass is 9.75. The quantitative estimate of drug-likeness (QED) is 0.926. The van der Waals surface area contributed by atoms with E-state index in [9.17, 15) is 9.18 Å². The van der Waals surface area contributed by atoms with Crippen LogP contribution in [0.25, 0.3) is 0 Å². The van der Waals surface area contributed by atoms with Crippen molar-refractivity contribution in [3.8, 4) is 0 Å². The lowest BCUT2D eigenvalue weighted by Crippen LogP contribution is -2.50. The van der Waals surface area contributed by atoms with Gasteiger partial charge in [0.15, 0.2) is 0 Å². The summed E-state index contributed by atoms with van der Waals surface area (Å²) in [6, 6.07) is 4.51. The Morgan fingerprint density at radius 1 is 1.50 bits per heavy atom. The van der Waals surface area contributed by atoms with Gasteiger partial charge in [0.1, 0.15) is 5.82 Å². The van der Waals surface area contributed by atoms with Crippen LogP contribution in [0.15, 0.2) is 18.2 Å². The number of nitrogens with two attached hydrogens (primary N) is 1. The molecule has 0 aromatic heterocycles.